The van der Waals surface area contributed by atoms with Crippen molar-refractivity contribution in [3.63, 3.8) is 0 Å². The topological polar surface area (TPSA) is 80.2 Å². The zero-order chi connectivity index (χ0) is 24.1. The number of amides is 1. The van der Waals surface area contributed by atoms with Crippen LogP contribution in [-0.2, 0) is 6.61 Å². The average Bonchev–Trinajstić information content (AvgIpc) is 2.84. The lowest BCUT2D eigenvalue weighted by Crippen LogP contribution is -2.17. The summed E-state index contributed by atoms with van der Waals surface area (Å²) in [5.74, 6) is 0.422. The van der Waals surface area contributed by atoms with Gasteiger partial charge in [0.25, 0.3) is 5.91 Å². The number of carbonyl (C=O) groups is 1. The third kappa shape index (κ3) is 5.50. The molecule has 0 aliphatic carbocycles. The van der Waals surface area contributed by atoms with E-state index in [4.69, 9.17) is 21.1 Å². The number of aromatic hydroxyl groups is 1. The van der Waals surface area contributed by atoms with E-state index in [1.165, 1.54) is 6.21 Å². The molecule has 0 spiro atoms. The summed E-state index contributed by atoms with van der Waals surface area (Å²) in [5, 5.41) is 16.6. The zero-order valence-corrected chi connectivity index (χ0v) is 20.4. The number of ether oxygens (including phenoxy) is 2. The molecule has 2 N–H and O–H groups in total. The summed E-state index contributed by atoms with van der Waals surface area (Å²) >= 11 is 9.42. The molecule has 4 aromatic carbocycles. The van der Waals surface area contributed by atoms with Crippen molar-refractivity contribution in [3.8, 4) is 17.2 Å². The van der Waals surface area contributed by atoms with Crippen molar-refractivity contribution < 1.29 is 19.4 Å². The largest absolute Gasteiger partial charge is 0.507 e. The van der Waals surface area contributed by atoms with E-state index in [9.17, 15) is 9.90 Å². The van der Waals surface area contributed by atoms with Gasteiger partial charge < -0.3 is 14.6 Å². The number of hydrogen-bond acceptors (Lipinski definition) is 5. The van der Waals surface area contributed by atoms with Crippen LogP contribution in [0.2, 0.25) is 5.02 Å². The van der Waals surface area contributed by atoms with Gasteiger partial charge in [0.1, 0.15) is 12.4 Å². The summed E-state index contributed by atoms with van der Waals surface area (Å²) in [6, 6.07) is 21.5. The second-order valence-electron chi connectivity index (χ2n) is 7.36. The Morgan fingerprint density at radius 1 is 1.06 bits per heavy atom. The lowest BCUT2D eigenvalue weighted by atomic mass is 10.1. The molecule has 0 atom stereocenters. The van der Waals surface area contributed by atoms with E-state index < -0.39 is 5.91 Å². The molecule has 0 aromatic heterocycles. The molecule has 4 rings (SSSR count). The van der Waals surface area contributed by atoms with Gasteiger partial charge in [-0.3, -0.25) is 4.79 Å². The summed E-state index contributed by atoms with van der Waals surface area (Å²) in [4.78, 5) is 12.6. The maximum absolute atomic E-state index is 12.6. The summed E-state index contributed by atoms with van der Waals surface area (Å²) in [7, 11) is 1.55. The van der Waals surface area contributed by atoms with Crippen molar-refractivity contribution in [1.82, 2.24) is 5.43 Å². The summed E-state index contributed by atoms with van der Waals surface area (Å²) in [6.07, 6.45) is 1.48. The van der Waals surface area contributed by atoms with E-state index in [-0.39, 0.29) is 11.3 Å². The van der Waals surface area contributed by atoms with E-state index in [2.05, 4.69) is 26.5 Å². The molecule has 0 saturated carbocycles. The fraction of sp³-hybridized carbons (Fsp3) is 0.0769. The van der Waals surface area contributed by atoms with Crippen molar-refractivity contribution in [2.75, 3.05) is 7.11 Å². The Morgan fingerprint density at radius 2 is 1.76 bits per heavy atom. The van der Waals surface area contributed by atoms with Gasteiger partial charge in [0.15, 0.2) is 11.5 Å². The predicted molar refractivity (Wildman–Crippen MR) is 137 cm³/mol. The zero-order valence-electron chi connectivity index (χ0n) is 18.1. The molecular formula is C26H20BrClN2O4. The number of phenols is 1. The second kappa shape index (κ2) is 10.6. The maximum Gasteiger partial charge on any atom is 0.275 e. The number of nitrogens with zero attached hydrogens (tertiary/aromatic N) is 1. The number of hydrazone groups is 1. The molecular weight excluding hydrogens is 520 g/mol. The SMILES string of the molecule is COc1cc(C=NNC(=O)c2cc3ccccc3cc2O)c(Br)cc1OCc1ccc(Cl)cc1. The number of phenolic OH excluding ortho intramolecular Hbond substituents is 1. The molecule has 8 heteroatoms. The summed E-state index contributed by atoms with van der Waals surface area (Å²) in [6.45, 7) is 0.346. The highest BCUT2D eigenvalue weighted by Crippen LogP contribution is 2.33. The second-order valence-corrected chi connectivity index (χ2v) is 8.65. The first-order chi connectivity index (χ1) is 16.4. The van der Waals surface area contributed by atoms with Crippen molar-refractivity contribution in [1.29, 1.82) is 0 Å². The number of hydrogen-bond donors (Lipinski definition) is 2. The molecule has 1 amide bonds. The van der Waals surface area contributed by atoms with E-state index in [1.807, 2.05) is 36.4 Å². The van der Waals surface area contributed by atoms with Crippen LogP contribution in [0.4, 0.5) is 0 Å². The number of halogens is 2. The third-order valence-corrected chi connectivity index (χ3v) is 6.01. The van der Waals surface area contributed by atoms with Crippen LogP contribution in [0, 0.1) is 0 Å². The van der Waals surface area contributed by atoms with Crippen LogP contribution in [0.3, 0.4) is 0 Å². The fourth-order valence-corrected chi connectivity index (χ4v) is 3.85. The Bertz CT molecular complexity index is 1370. The van der Waals surface area contributed by atoms with Gasteiger partial charge in [-0.2, -0.15) is 5.10 Å². The number of carbonyl (C=O) groups excluding carboxylic acids is 1. The molecule has 0 unspecified atom stereocenters. The Balaban J connectivity index is 1.46. The first-order valence-corrected chi connectivity index (χ1v) is 11.4. The van der Waals surface area contributed by atoms with E-state index in [1.54, 1.807) is 43.5 Å². The van der Waals surface area contributed by atoms with Crippen LogP contribution >= 0.6 is 27.5 Å². The monoisotopic (exact) mass is 538 g/mol. The standard InChI is InChI=1S/C26H20BrClN2O4/c1-33-24-12-19(22(27)13-25(24)34-15-16-6-8-20(28)9-7-16)14-29-30-26(32)21-10-17-4-2-3-5-18(17)11-23(21)31/h2-14,31H,15H2,1H3,(H,30,32). The molecule has 0 heterocycles. The molecule has 6 nitrogen and oxygen atoms in total. The molecule has 0 radical (unpaired) electrons. The number of rotatable bonds is 7. The molecule has 4 aromatic rings. The Hall–Kier alpha value is -3.55. The first kappa shape index (κ1) is 23.6. The molecule has 0 fully saturated rings. The van der Waals surface area contributed by atoms with Gasteiger partial charge >= 0.3 is 0 Å². The Kier molecular flexibility index (Phi) is 7.35. The van der Waals surface area contributed by atoms with Gasteiger partial charge in [-0.15, -0.1) is 0 Å². The van der Waals surface area contributed by atoms with Gasteiger partial charge in [0.2, 0.25) is 0 Å². The highest BCUT2D eigenvalue weighted by atomic mass is 79.9. The van der Waals surface area contributed by atoms with Gasteiger partial charge in [0.05, 0.1) is 18.9 Å². The molecule has 34 heavy (non-hydrogen) atoms. The molecule has 172 valence electrons. The smallest absolute Gasteiger partial charge is 0.275 e. The van der Waals surface area contributed by atoms with Gasteiger partial charge in [0, 0.05) is 15.1 Å². The molecule has 0 aliphatic rings. The normalized spacial score (nSPS) is 11.0. The lowest BCUT2D eigenvalue weighted by Gasteiger charge is -2.13. The minimum absolute atomic E-state index is 0.114. The Morgan fingerprint density at radius 3 is 2.47 bits per heavy atom. The number of benzene rings is 4. The van der Waals surface area contributed by atoms with Crippen LogP contribution < -0.4 is 14.9 Å². The quantitative estimate of drug-likeness (QED) is 0.213. The van der Waals surface area contributed by atoms with Crippen molar-refractivity contribution in [2.24, 2.45) is 5.10 Å². The summed E-state index contributed by atoms with van der Waals surface area (Å²) < 4.78 is 12.1. The van der Waals surface area contributed by atoms with Gasteiger partial charge in [-0.25, -0.2) is 5.43 Å². The average molecular weight is 540 g/mol. The number of methoxy groups -OCH3 is 1. The van der Waals surface area contributed by atoms with Crippen LogP contribution in [0.15, 0.2) is 82.4 Å². The number of nitrogens with one attached hydrogen (secondary N) is 1. The summed E-state index contributed by atoms with van der Waals surface area (Å²) in [5.41, 5.74) is 4.22. The first-order valence-electron chi connectivity index (χ1n) is 10.2. The molecule has 0 saturated heterocycles. The third-order valence-electron chi connectivity index (χ3n) is 5.07. The van der Waals surface area contributed by atoms with Crippen LogP contribution in [0.25, 0.3) is 10.8 Å². The van der Waals surface area contributed by atoms with E-state index in [0.29, 0.717) is 33.2 Å². The Labute approximate surface area is 209 Å². The highest BCUT2D eigenvalue weighted by molar-refractivity contribution is 9.10. The van der Waals surface area contributed by atoms with Crippen molar-refractivity contribution in [2.45, 2.75) is 6.61 Å². The minimum Gasteiger partial charge on any atom is -0.507 e. The van der Waals surface area contributed by atoms with Crippen molar-refractivity contribution >= 4 is 50.4 Å². The maximum atomic E-state index is 12.6. The lowest BCUT2D eigenvalue weighted by molar-refractivity contribution is 0.0952. The molecule has 0 aliphatic heterocycles. The van der Waals surface area contributed by atoms with Gasteiger partial charge in [-0.05, 0) is 68.7 Å². The predicted octanol–water partition coefficient (Wildman–Crippen LogP) is 6.31. The fourth-order valence-electron chi connectivity index (χ4n) is 3.29. The molecule has 0 bridgehead atoms. The van der Waals surface area contributed by atoms with Crippen LogP contribution in [-0.4, -0.2) is 24.3 Å². The van der Waals surface area contributed by atoms with Crippen LogP contribution in [0.5, 0.6) is 17.2 Å². The van der Waals surface area contributed by atoms with E-state index in [0.717, 1.165) is 16.3 Å². The van der Waals surface area contributed by atoms with Gasteiger partial charge in [-0.1, -0.05) is 48.0 Å². The minimum atomic E-state index is -0.523. The van der Waals surface area contributed by atoms with Crippen LogP contribution in [0.1, 0.15) is 21.5 Å². The highest BCUT2D eigenvalue weighted by Gasteiger charge is 2.13. The van der Waals surface area contributed by atoms with Crippen molar-refractivity contribution in [3.05, 3.63) is 99.0 Å². The number of fused-ring (bicyclic) bond motifs is 1. The van der Waals surface area contributed by atoms with E-state index >= 15 is 0 Å².